The third-order valence-corrected chi connectivity index (χ3v) is 4.45. The summed E-state index contributed by atoms with van der Waals surface area (Å²) in [5.41, 5.74) is 3.54. The van der Waals surface area contributed by atoms with Gasteiger partial charge in [-0.3, -0.25) is 4.79 Å². The summed E-state index contributed by atoms with van der Waals surface area (Å²) in [6, 6.07) is 12.4. The Morgan fingerprint density at radius 2 is 2.00 bits per heavy atom. The molecule has 1 aliphatic heterocycles. The highest BCUT2D eigenvalue weighted by molar-refractivity contribution is 5.76. The second-order valence-corrected chi connectivity index (χ2v) is 6.48. The van der Waals surface area contributed by atoms with E-state index in [-0.39, 0.29) is 5.91 Å². The number of carbonyl (C=O) groups is 1. The molecule has 2 heterocycles. The smallest absolute Gasteiger partial charge is 0.220 e. The van der Waals surface area contributed by atoms with Crippen LogP contribution >= 0.6 is 0 Å². The fraction of sp³-hybridized carbons (Fsp3) is 0.400. The van der Waals surface area contributed by atoms with E-state index < -0.39 is 0 Å². The number of carbonyl (C=O) groups excluding carboxylic acids is 1. The van der Waals surface area contributed by atoms with Crippen molar-refractivity contribution in [3.05, 3.63) is 59.3 Å². The quantitative estimate of drug-likeness (QED) is 0.887. The van der Waals surface area contributed by atoms with E-state index in [4.69, 9.17) is 0 Å². The van der Waals surface area contributed by atoms with Crippen LogP contribution in [0.4, 0.5) is 5.82 Å². The van der Waals surface area contributed by atoms with Crippen LogP contribution in [0.2, 0.25) is 0 Å². The van der Waals surface area contributed by atoms with E-state index in [9.17, 15) is 4.79 Å². The number of hydrogen-bond donors (Lipinski definition) is 1. The molecule has 0 atom stereocenters. The third-order valence-electron chi connectivity index (χ3n) is 4.45. The second-order valence-electron chi connectivity index (χ2n) is 6.48. The normalized spacial score (nSPS) is 14.0. The number of rotatable bonds is 6. The molecule has 1 aliphatic rings. The highest BCUT2D eigenvalue weighted by atomic mass is 16.1. The summed E-state index contributed by atoms with van der Waals surface area (Å²) in [5.74, 6) is 1.14. The van der Waals surface area contributed by atoms with Gasteiger partial charge in [0.25, 0.3) is 0 Å². The van der Waals surface area contributed by atoms with Crippen molar-refractivity contribution in [2.24, 2.45) is 0 Å². The maximum absolute atomic E-state index is 12.1. The van der Waals surface area contributed by atoms with Gasteiger partial charge >= 0.3 is 0 Å². The summed E-state index contributed by atoms with van der Waals surface area (Å²) in [6.45, 7) is 4.84. The monoisotopic (exact) mass is 323 g/mol. The van der Waals surface area contributed by atoms with E-state index in [1.165, 1.54) is 24.0 Å². The predicted molar refractivity (Wildman–Crippen MR) is 97.0 cm³/mol. The first-order chi connectivity index (χ1) is 11.7. The molecule has 0 spiro atoms. The average Bonchev–Trinajstić information content (AvgIpc) is 3.13. The minimum atomic E-state index is 0.0936. The maximum atomic E-state index is 12.1. The number of nitrogens with one attached hydrogen (secondary N) is 1. The molecule has 1 aromatic heterocycles. The average molecular weight is 323 g/mol. The van der Waals surface area contributed by atoms with Gasteiger partial charge in [-0.15, -0.1) is 0 Å². The Bertz CT molecular complexity index is 693. The van der Waals surface area contributed by atoms with Crippen molar-refractivity contribution in [1.82, 2.24) is 10.3 Å². The van der Waals surface area contributed by atoms with Gasteiger partial charge in [-0.25, -0.2) is 4.98 Å². The number of nitrogens with zero attached hydrogens (tertiary/aromatic N) is 2. The molecule has 0 unspecified atom stereocenters. The number of anilines is 1. The lowest BCUT2D eigenvalue weighted by molar-refractivity contribution is -0.121. The van der Waals surface area contributed by atoms with Crippen LogP contribution in [0.1, 0.15) is 36.0 Å². The maximum Gasteiger partial charge on any atom is 0.220 e. The number of benzene rings is 1. The highest BCUT2D eigenvalue weighted by Gasteiger charge is 2.13. The summed E-state index contributed by atoms with van der Waals surface area (Å²) in [7, 11) is 0. The minimum Gasteiger partial charge on any atom is -0.357 e. The molecule has 0 radical (unpaired) electrons. The predicted octanol–water partition coefficient (Wildman–Crippen LogP) is 3.24. The van der Waals surface area contributed by atoms with E-state index in [1.807, 2.05) is 24.4 Å². The van der Waals surface area contributed by atoms with Crippen LogP contribution in [0, 0.1) is 6.92 Å². The number of aryl methyl sites for hydroxylation is 2. The van der Waals surface area contributed by atoms with Gasteiger partial charge in [0.2, 0.25) is 5.91 Å². The summed E-state index contributed by atoms with van der Waals surface area (Å²) < 4.78 is 0. The van der Waals surface area contributed by atoms with Crippen LogP contribution in [0.3, 0.4) is 0 Å². The zero-order valence-electron chi connectivity index (χ0n) is 14.3. The van der Waals surface area contributed by atoms with Gasteiger partial charge in [0.15, 0.2) is 0 Å². The number of pyridine rings is 1. The molecule has 0 aliphatic carbocycles. The Hall–Kier alpha value is -2.36. The molecule has 1 amide bonds. The van der Waals surface area contributed by atoms with Gasteiger partial charge in [-0.2, -0.15) is 0 Å². The lowest BCUT2D eigenvalue weighted by Crippen LogP contribution is -2.23. The third kappa shape index (κ3) is 4.57. The van der Waals surface area contributed by atoms with Gasteiger partial charge in [-0.1, -0.05) is 29.8 Å². The standard InChI is InChI=1S/C20H25N3O/c1-16-5-4-6-18(13-16)15-22-20(24)8-7-17-9-10-21-19(14-17)23-11-2-3-12-23/h4-6,9-10,13-14H,2-3,7-8,11-12,15H2,1H3,(H,22,24). The Morgan fingerprint density at radius 3 is 2.79 bits per heavy atom. The molecule has 4 heteroatoms. The Kier molecular flexibility index (Phi) is 5.47. The van der Waals surface area contributed by atoms with E-state index in [0.717, 1.165) is 30.9 Å². The van der Waals surface area contributed by atoms with E-state index >= 15 is 0 Å². The molecule has 1 saturated heterocycles. The first-order valence-electron chi connectivity index (χ1n) is 8.73. The molecule has 1 aromatic carbocycles. The van der Waals surface area contributed by atoms with Gasteiger partial charge in [0.1, 0.15) is 5.82 Å². The first-order valence-corrected chi connectivity index (χ1v) is 8.73. The summed E-state index contributed by atoms with van der Waals surface area (Å²) in [6.07, 6.45) is 5.60. The van der Waals surface area contributed by atoms with Crippen LogP contribution in [0.5, 0.6) is 0 Å². The Balaban J connectivity index is 1.48. The largest absolute Gasteiger partial charge is 0.357 e. The van der Waals surface area contributed by atoms with Crippen molar-refractivity contribution in [1.29, 1.82) is 0 Å². The zero-order chi connectivity index (χ0) is 16.8. The molecule has 24 heavy (non-hydrogen) atoms. The lowest BCUT2D eigenvalue weighted by Gasteiger charge is -2.16. The van der Waals surface area contributed by atoms with Crippen LogP contribution in [0.15, 0.2) is 42.6 Å². The fourth-order valence-corrected chi connectivity index (χ4v) is 3.10. The molecule has 1 N–H and O–H groups in total. The molecule has 126 valence electrons. The molecule has 1 fully saturated rings. The van der Waals surface area contributed by atoms with Crippen molar-refractivity contribution in [3.8, 4) is 0 Å². The topological polar surface area (TPSA) is 45.2 Å². The summed E-state index contributed by atoms with van der Waals surface area (Å²) in [4.78, 5) is 18.9. The van der Waals surface area contributed by atoms with Gasteiger partial charge < -0.3 is 10.2 Å². The van der Waals surface area contributed by atoms with Crippen molar-refractivity contribution in [2.45, 2.75) is 39.2 Å². The van der Waals surface area contributed by atoms with Crippen LogP contribution in [0.25, 0.3) is 0 Å². The van der Waals surface area contributed by atoms with E-state index in [0.29, 0.717) is 13.0 Å². The SMILES string of the molecule is Cc1cccc(CNC(=O)CCc2ccnc(N3CCCC3)c2)c1. The fourth-order valence-electron chi connectivity index (χ4n) is 3.10. The zero-order valence-corrected chi connectivity index (χ0v) is 14.3. The van der Waals surface area contributed by atoms with E-state index in [2.05, 4.69) is 40.3 Å². The molecule has 2 aromatic rings. The molecule has 0 bridgehead atoms. The minimum absolute atomic E-state index is 0.0936. The Morgan fingerprint density at radius 1 is 1.17 bits per heavy atom. The molecule has 3 rings (SSSR count). The number of amides is 1. The van der Waals surface area contributed by atoms with Crippen LogP contribution in [-0.2, 0) is 17.8 Å². The number of aromatic nitrogens is 1. The summed E-state index contributed by atoms with van der Waals surface area (Å²) in [5, 5.41) is 3.00. The van der Waals surface area contributed by atoms with Gasteiger partial charge in [0, 0.05) is 32.3 Å². The molecular formula is C20H25N3O. The van der Waals surface area contributed by atoms with Crippen molar-refractivity contribution >= 4 is 11.7 Å². The Labute approximate surface area is 143 Å². The van der Waals surface area contributed by atoms with Crippen molar-refractivity contribution < 1.29 is 4.79 Å². The van der Waals surface area contributed by atoms with Crippen LogP contribution in [-0.4, -0.2) is 24.0 Å². The number of hydrogen-bond acceptors (Lipinski definition) is 3. The first kappa shape index (κ1) is 16.5. The van der Waals surface area contributed by atoms with E-state index in [1.54, 1.807) is 0 Å². The lowest BCUT2D eigenvalue weighted by atomic mass is 10.1. The van der Waals surface area contributed by atoms with Crippen molar-refractivity contribution in [2.75, 3.05) is 18.0 Å². The molecule has 4 nitrogen and oxygen atoms in total. The second kappa shape index (κ2) is 7.95. The molecular weight excluding hydrogens is 298 g/mol. The van der Waals surface area contributed by atoms with Gasteiger partial charge in [0.05, 0.1) is 0 Å². The highest BCUT2D eigenvalue weighted by Crippen LogP contribution is 2.19. The molecule has 0 saturated carbocycles. The van der Waals surface area contributed by atoms with Crippen LogP contribution < -0.4 is 10.2 Å². The van der Waals surface area contributed by atoms with Gasteiger partial charge in [-0.05, 0) is 49.4 Å². The summed E-state index contributed by atoms with van der Waals surface area (Å²) >= 11 is 0. The van der Waals surface area contributed by atoms with Crippen molar-refractivity contribution in [3.63, 3.8) is 0 Å².